The lowest BCUT2D eigenvalue weighted by Crippen LogP contribution is -2.41. The van der Waals surface area contributed by atoms with Gasteiger partial charge in [0.05, 0.1) is 12.1 Å². The Morgan fingerprint density at radius 3 is 2.76 bits per heavy atom. The van der Waals surface area contributed by atoms with E-state index in [1.54, 1.807) is 12.1 Å². The summed E-state index contributed by atoms with van der Waals surface area (Å²) in [6, 6.07) is 5.61. The highest BCUT2D eigenvalue weighted by Gasteiger charge is 2.32. The number of aromatic carboxylic acids is 1. The summed E-state index contributed by atoms with van der Waals surface area (Å²) in [6.07, 6.45) is 3.09. The third kappa shape index (κ3) is 2.73. The van der Waals surface area contributed by atoms with Crippen LogP contribution in [0.15, 0.2) is 18.2 Å². The van der Waals surface area contributed by atoms with E-state index in [1.807, 2.05) is 22.8 Å². The zero-order valence-electron chi connectivity index (χ0n) is 12.2. The lowest BCUT2D eigenvalue weighted by molar-refractivity contribution is -0.130. The average molecular weight is 288 g/mol. The number of nitrogens with zero attached hydrogens (tertiary/aromatic N) is 2. The number of rotatable bonds is 5. The Hall–Kier alpha value is -2.04. The van der Waals surface area contributed by atoms with E-state index in [2.05, 4.69) is 0 Å². The van der Waals surface area contributed by atoms with Crippen LogP contribution in [0.25, 0.3) is 0 Å². The van der Waals surface area contributed by atoms with E-state index >= 15 is 0 Å². The first kappa shape index (κ1) is 13.9. The van der Waals surface area contributed by atoms with Gasteiger partial charge in [-0.3, -0.25) is 4.79 Å². The molecule has 1 heterocycles. The molecule has 1 fully saturated rings. The number of amides is 1. The molecule has 5 heteroatoms. The summed E-state index contributed by atoms with van der Waals surface area (Å²) >= 11 is 0. The van der Waals surface area contributed by atoms with Gasteiger partial charge in [0, 0.05) is 24.8 Å². The standard InChI is InChI=1S/C16H20N2O3/c1-2-18(13-5-6-13)15(19)10-17-8-7-11-3-4-12(16(20)21)9-14(11)17/h3-4,9,13H,2,5-8,10H2,1H3,(H,20,21). The number of carboxylic acids is 1. The summed E-state index contributed by atoms with van der Waals surface area (Å²) in [7, 11) is 0. The minimum absolute atomic E-state index is 0.147. The number of hydrogen-bond donors (Lipinski definition) is 1. The first-order chi connectivity index (χ1) is 10.1. The zero-order valence-corrected chi connectivity index (χ0v) is 12.2. The predicted molar refractivity (Wildman–Crippen MR) is 79.7 cm³/mol. The molecule has 0 aromatic heterocycles. The monoisotopic (exact) mass is 288 g/mol. The van der Waals surface area contributed by atoms with E-state index in [4.69, 9.17) is 5.11 Å². The second-order valence-electron chi connectivity index (χ2n) is 5.73. The van der Waals surface area contributed by atoms with Crippen LogP contribution in [-0.4, -0.2) is 47.6 Å². The Balaban J connectivity index is 1.75. The van der Waals surface area contributed by atoms with Crippen LogP contribution in [0.3, 0.4) is 0 Å². The molecule has 112 valence electrons. The molecule has 3 rings (SSSR count). The molecule has 0 atom stereocenters. The van der Waals surface area contributed by atoms with Crippen molar-refractivity contribution in [1.29, 1.82) is 0 Å². The first-order valence-electron chi connectivity index (χ1n) is 7.50. The number of benzene rings is 1. The number of carbonyl (C=O) groups is 2. The maximum atomic E-state index is 12.4. The quantitative estimate of drug-likeness (QED) is 0.897. The molecule has 1 amide bonds. The largest absolute Gasteiger partial charge is 0.478 e. The summed E-state index contributed by atoms with van der Waals surface area (Å²) in [5.74, 6) is -0.780. The first-order valence-corrected chi connectivity index (χ1v) is 7.50. The fraction of sp³-hybridized carbons (Fsp3) is 0.500. The van der Waals surface area contributed by atoms with E-state index in [1.165, 1.54) is 0 Å². The number of hydrogen-bond acceptors (Lipinski definition) is 3. The van der Waals surface area contributed by atoms with E-state index in [0.29, 0.717) is 12.6 Å². The molecule has 0 unspecified atom stereocenters. The van der Waals surface area contributed by atoms with Crippen LogP contribution >= 0.6 is 0 Å². The molecule has 1 aromatic rings. The van der Waals surface area contributed by atoms with E-state index in [0.717, 1.165) is 43.6 Å². The summed E-state index contributed by atoms with van der Waals surface area (Å²) in [6.45, 7) is 3.89. The van der Waals surface area contributed by atoms with Crippen LogP contribution in [0.2, 0.25) is 0 Å². The van der Waals surface area contributed by atoms with Crippen molar-refractivity contribution in [1.82, 2.24) is 4.90 Å². The lowest BCUT2D eigenvalue weighted by Gasteiger charge is -2.25. The summed E-state index contributed by atoms with van der Waals surface area (Å²) < 4.78 is 0. The van der Waals surface area contributed by atoms with Crippen LogP contribution in [-0.2, 0) is 11.2 Å². The van der Waals surface area contributed by atoms with Crippen molar-refractivity contribution in [3.63, 3.8) is 0 Å². The number of anilines is 1. The Morgan fingerprint density at radius 2 is 2.14 bits per heavy atom. The van der Waals surface area contributed by atoms with E-state index in [-0.39, 0.29) is 11.5 Å². The highest BCUT2D eigenvalue weighted by Crippen LogP contribution is 2.30. The van der Waals surface area contributed by atoms with Crippen molar-refractivity contribution < 1.29 is 14.7 Å². The van der Waals surface area contributed by atoms with Crippen molar-refractivity contribution in [2.24, 2.45) is 0 Å². The highest BCUT2D eigenvalue weighted by atomic mass is 16.4. The second-order valence-corrected chi connectivity index (χ2v) is 5.73. The Labute approximate surface area is 124 Å². The fourth-order valence-corrected chi connectivity index (χ4v) is 3.02. The molecule has 21 heavy (non-hydrogen) atoms. The Bertz CT molecular complexity index is 581. The molecular weight excluding hydrogens is 268 g/mol. The molecule has 0 radical (unpaired) electrons. The molecule has 0 spiro atoms. The molecule has 0 saturated heterocycles. The van der Waals surface area contributed by atoms with Gasteiger partial charge >= 0.3 is 5.97 Å². The van der Waals surface area contributed by atoms with Gasteiger partial charge in [-0.1, -0.05) is 6.07 Å². The number of fused-ring (bicyclic) bond motifs is 1. The van der Waals surface area contributed by atoms with Gasteiger partial charge in [-0.15, -0.1) is 0 Å². The van der Waals surface area contributed by atoms with E-state index in [9.17, 15) is 9.59 Å². The smallest absolute Gasteiger partial charge is 0.335 e. The topological polar surface area (TPSA) is 60.9 Å². The summed E-state index contributed by atoms with van der Waals surface area (Å²) in [5.41, 5.74) is 2.31. The molecule has 1 aliphatic heterocycles. The summed E-state index contributed by atoms with van der Waals surface area (Å²) in [4.78, 5) is 27.4. The van der Waals surface area contributed by atoms with Gasteiger partial charge in [0.2, 0.25) is 5.91 Å². The number of carboxylic acid groups (broad SMARTS) is 1. The number of carbonyl (C=O) groups excluding carboxylic acids is 1. The van der Waals surface area contributed by atoms with Gasteiger partial charge in [0.1, 0.15) is 0 Å². The zero-order chi connectivity index (χ0) is 15.0. The van der Waals surface area contributed by atoms with Crippen LogP contribution in [0.4, 0.5) is 5.69 Å². The molecule has 1 aliphatic carbocycles. The van der Waals surface area contributed by atoms with Crippen LogP contribution < -0.4 is 4.90 Å². The molecule has 1 saturated carbocycles. The minimum atomic E-state index is -0.927. The molecular formula is C16H20N2O3. The van der Waals surface area contributed by atoms with Crippen LogP contribution in [0.1, 0.15) is 35.7 Å². The predicted octanol–water partition coefficient (Wildman–Crippen LogP) is 1.76. The van der Waals surface area contributed by atoms with Crippen LogP contribution in [0.5, 0.6) is 0 Å². The maximum Gasteiger partial charge on any atom is 0.335 e. The van der Waals surface area contributed by atoms with Crippen molar-refractivity contribution in [3.05, 3.63) is 29.3 Å². The molecule has 5 nitrogen and oxygen atoms in total. The molecule has 1 N–H and O–H groups in total. The minimum Gasteiger partial charge on any atom is -0.478 e. The molecule has 1 aromatic carbocycles. The fourth-order valence-electron chi connectivity index (χ4n) is 3.02. The van der Waals surface area contributed by atoms with Gasteiger partial charge in [0.25, 0.3) is 0 Å². The highest BCUT2D eigenvalue weighted by molar-refractivity contribution is 5.90. The van der Waals surface area contributed by atoms with Crippen LogP contribution in [0, 0.1) is 0 Å². The molecule has 2 aliphatic rings. The third-order valence-corrected chi connectivity index (χ3v) is 4.30. The van der Waals surface area contributed by atoms with Gasteiger partial charge in [0.15, 0.2) is 0 Å². The van der Waals surface area contributed by atoms with Gasteiger partial charge in [-0.25, -0.2) is 4.79 Å². The number of likely N-dealkylation sites (N-methyl/N-ethyl adjacent to an activating group) is 1. The third-order valence-electron chi connectivity index (χ3n) is 4.30. The van der Waals surface area contributed by atoms with Crippen molar-refractivity contribution in [3.8, 4) is 0 Å². The second kappa shape index (κ2) is 5.39. The molecule has 0 bridgehead atoms. The van der Waals surface area contributed by atoms with E-state index < -0.39 is 5.97 Å². The van der Waals surface area contributed by atoms with Gasteiger partial charge < -0.3 is 14.9 Å². The van der Waals surface area contributed by atoms with Gasteiger partial charge in [-0.05, 0) is 43.9 Å². The van der Waals surface area contributed by atoms with Gasteiger partial charge in [-0.2, -0.15) is 0 Å². The van der Waals surface area contributed by atoms with Crippen molar-refractivity contribution in [2.45, 2.75) is 32.2 Å². The van der Waals surface area contributed by atoms with Crippen molar-refractivity contribution >= 4 is 17.6 Å². The van der Waals surface area contributed by atoms with Crippen molar-refractivity contribution in [2.75, 3.05) is 24.5 Å². The summed E-state index contributed by atoms with van der Waals surface area (Å²) in [5, 5.41) is 9.10. The average Bonchev–Trinajstić information content (AvgIpc) is 3.21. The Morgan fingerprint density at radius 1 is 1.38 bits per heavy atom. The SMILES string of the molecule is CCN(C(=O)CN1CCc2ccc(C(=O)O)cc21)C1CC1. The maximum absolute atomic E-state index is 12.4. The lowest BCUT2D eigenvalue weighted by atomic mass is 10.1. The Kier molecular flexibility index (Phi) is 3.57. The normalized spacial score (nSPS) is 16.7.